The van der Waals surface area contributed by atoms with Crippen LogP contribution >= 0.6 is 0 Å². The number of carbonyl (C=O) groups excluding carboxylic acids is 1. The van der Waals surface area contributed by atoms with E-state index in [1.54, 1.807) is 0 Å². The molecule has 5 heteroatoms. The van der Waals surface area contributed by atoms with Gasteiger partial charge in [0.15, 0.2) is 0 Å². The second-order valence-electron chi connectivity index (χ2n) is 5.78. The summed E-state index contributed by atoms with van der Waals surface area (Å²) in [4.78, 5) is 11.3. The average molecular weight is 258 g/mol. The first-order valence-electron chi connectivity index (χ1n) is 6.70. The molecular formula is C13H26N2O3. The fourth-order valence-electron chi connectivity index (χ4n) is 1.87. The molecular weight excluding hydrogens is 232 g/mol. The van der Waals surface area contributed by atoms with Crippen molar-refractivity contribution in [3.05, 3.63) is 0 Å². The Morgan fingerprint density at radius 2 is 2.06 bits per heavy atom. The average Bonchev–Trinajstić information content (AvgIpc) is 2.61. The summed E-state index contributed by atoms with van der Waals surface area (Å²) >= 11 is 0. The van der Waals surface area contributed by atoms with Crippen LogP contribution in [0.25, 0.3) is 0 Å². The van der Waals surface area contributed by atoms with E-state index in [0.29, 0.717) is 18.8 Å². The second kappa shape index (κ2) is 6.95. The Balaban J connectivity index is 1.97. The van der Waals surface area contributed by atoms with E-state index in [1.165, 1.54) is 0 Å². The zero-order chi connectivity index (χ0) is 13.6. The van der Waals surface area contributed by atoms with E-state index in [-0.39, 0.29) is 6.09 Å². The highest BCUT2D eigenvalue weighted by Gasteiger charge is 2.21. The Hall–Kier alpha value is -0.810. The first kappa shape index (κ1) is 15.2. The van der Waals surface area contributed by atoms with Crippen molar-refractivity contribution in [2.45, 2.75) is 58.3 Å². The smallest absolute Gasteiger partial charge is 0.407 e. The summed E-state index contributed by atoms with van der Waals surface area (Å²) in [6.07, 6.45) is 2.60. The molecule has 0 aliphatic carbocycles. The molecule has 0 aromatic heterocycles. The number of amides is 1. The molecule has 0 aromatic rings. The Morgan fingerprint density at radius 3 is 2.61 bits per heavy atom. The molecule has 1 fully saturated rings. The molecule has 2 atom stereocenters. The van der Waals surface area contributed by atoms with E-state index in [1.807, 2.05) is 20.8 Å². The van der Waals surface area contributed by atoms with Crippen molar-refractivity contribution in [3.63, 3.8) is 0 Å². The van der Waals surface area contributed by atoms with Gasteiger partial charge in [-0.25, -0.2) is 4.79 Å². The number of hydrogen-bond acceptors (Lipinski definition) is 4. The Bertz CT molecular complexity index is 263. The molecule has 2 unspecified atom stereocenters. The molecule has 0 aromatic carbocycles. The molecule has 0 radical (unpaired) electrons. The summed E-state index contributed by atoms with van der Waals surface area (Å²) in [6.45, 7) is 9.80. The third kappa shape index (κ3) is 6.81. The van der Waals surface area contributed by atoms with Crippen LogP contribution in [0.3, 0.4) is 0 Å². The van der Waals surface area contributed by atoms with Gasteiger partial charge >= 0.3 is 6.09 Å². The maximum atomic E-state index is 11.3. The van der Waals surface area contributed by atoms with Gasteiger partial charge in [0.25, 0.3) is 0 Å². The minimum Gasteiger partial charge on any atom is -0.444 e. The molecule has 1 rings (SSSR count). The number of carbonyl (C=O) groups is 1. The lowest BCUT2D eigenvalue weighted by molar-refractivity contribution is 0.0520. The van der Waals surface area contributed by atoms with E-state index in [0.717, 1.165) is 25.9 Å². The first-order chi connectivity index (χ1) is 8.37. The second-order valence-corrected chi connectivity index (χ2v) is 5.78. The Labute approximate surface area is 110 Å². The van der Waals surface area contributed by atoms with Crippen LogP contribution in [0, 0.1) is 0 Å². The van der Waals surface area contributed by atoms with Crippen LogP contribution in [0.5, 0.6) is 0 Å². The predicted octanol–water partition coefficient (Wildman–Crippen LogP) is 1.67. The summed E-state index contributed by atoms with van der Waals surface area (Å²) in [5, 5.41) is 5.98. The molecule has 1 aliphatic rings. The molecule has 18 heavy (non-hydrogen) atoms. The van der Waals surface area contributed by atoms with Crippen molar-refractivity contribution in [2.75, 3.05) is 19.6 Å². The maximum Gasteiger partial charge on any atom is 0.407 e. The van der Waals surface area contributed by atoms with E-state index in [4.69, 9.17) is 9.47 Å². The fourth-order valence-corrected chi connectivity index (χ4v) is 1.87. The topological polar surface area (TPSA) is 59.6 Å². The highest BCUT2D eigenvalue weighted by molar-refractivity contribution is 5.67. The van der Waals surface area contributed by atoms with Gasteiger partial charge in [0.1, 0.15) is 5.60 Å². The minimum absolute atomic E-state index is 0.321. The molecule has 1 heterocycles. The van der Waals surface area contributed by atoms with Crippen molar-refractivity contribution >= 4 is 6.09 Å². The third-order valence-corrected chi connectivity index (χ3v) is 2.66. The van der Waals surface area contributed by atoms with Crippen molar-refractivity contribution in [1.82, 2.24) is 10.6 Å². The monoisotopic (exact) mass is 258 g/mol. The SMILES string of the molecule is CC1CCC(CNCCNC(=O)OC(C)(C)C)O1. The lowest BCUT2D eigenvalue weighted by Crippen LogP contribution is -2.38. The van der Waals surface area contributed by atoms with Crippen molar-refractivity contribution in [2.24, 2.45) is 0 Å². The third-order valence-electron chi connectivity index (χ3n) is 2.66. The highest BCUT2D eigenvalue weighted by atomic mass is 16.6. The molecule has 1 amide bonds. The van der Waals surface area contributed by atoms with Gasteiger partial charge in [0.2, 0.25) is 0 Å². The molecule has 5 nitrogen and oxygen atoms in total. The molecule has 106 valence electrons. The van der Waals surface area contributed by atoms with Gasteiger partial charge in [0.05, 0.1) is 12.2 Å². The van der Waals surface area contributed by atoms with Crippen molar-refractivity contribution in [3.8, 4) is 0 Å². The summed E-state index contributed by atoms with van der Waals surface area (Å²) in [7, 11) is 0. The largest absolute Gasteiger partial charge is 0.444 e. The minimum atomic E-state index is -0.439. The maximum absolute atomic E-state index is 11.3. The summed E-state index contributed by atoms with van der Waals surface area (Å²) < 4.78 is 10.8. The zero-order valence-electron chi connectivity index (χ0n) is 11.9. The van der Waals surface area contributed by atoms with Crippen LogP contribution in [0.15, 0.2) is 0 Å². The van der Waals surface area contributed by atoms with E-state index in [2.05, 4.69) is 17.6 Å². The van der Waals surface area contributed by atoms with Crippen LogP contribution in [-0.2, 0) is 9.47 Å². The molecule has 2 N–H and O–H groups in total. The Kier molecular flexibility index (Phi) is 5.88. The first-order valence-corrected chi connectivity index (χ1v) is 6.70. The van der Waals surface area contributed by atoms with Crippen LogP contribution in [-0.4, -0.2) is 43.5 Å². The summed E-state index contributed by atoms with van der Waals surface area (Å²) in [5.41, 5.74) is -0.439. The normalized spacial score (nSPS) is 24.0. The molecule has 0 bridgehead atoms. The number of hydrogen-bond donors (Lipinski definition) is 2. The molecule has 1 aliphatic heterocycles. The van der Waals surface area contributed by atoms with Gasteiger partial charge in [-0.1, -0.05) is 0 Å². The molecule has 1 saturated heterocycles. The van der Waals surface area contributed by atoms with Crippen LogP contribution in [0.4, 0.5) is 4.79 Å². The zero-order valence-corrected chi connectivity index (χ0v) is 11.9. The van der Waals surface area contributed by atoms with Gasteiger partial charge in [-0.2, -0.15) is 0 Å². The van der Waals surface area contributed by atoms with E-state index < -0.39 is 5.60 Å². The molecule has 0 spiro atoms. The van der Waals surface area contributed by atoms with Gasteiger partial charge in [0, 0.05) is 19.6 Å². The van der Waals surface area contributed by atoms with Gasteiger partial charge in [-0.05, 0) is 40.5 Å². The van der Waals surface area contributed by atoms with E-state index >= 15 is 0 Å². The lowest BCUT2D eigenvalue weighted by Gasteiger charge is -2.19. The highest BCUT2D eigenvalue weighted by Crippen LogP contribution is 2.17. The van der Waals surface area contributed by atoms with E-state index in [9.17, 15) is 4.79 Å². The van der Waals surface area contributed by atoms with Gasteiger partial charge < -0.3 is 20.1 Å². The van der Waals surface area contributed by atoms with Gasteiger partial charge in [-0.3, -0.25) is 0 Å². The predicted molar refractivity (Wildman–Crippen MR) is 70.7 cm³/mol. The van der Waals surface area contributed by atoms with Crippen LogP contribution in [0.2, 0.25) is 0 Å². The number of alkyl carbamates (subject to hydrolysis) is 1. The standard InChI is InChI=1S/C13H26N2O3/c1-10-5-6-11(17-10)9-14-7-8-15-12(16)18-13(2,3)4/h10-11,14H,5-9H2,1-4H3,(H,15,16). The van der Waals surface area contributed by atoms with Gasteiger partial charge in [-0.15, -0.1) is 0 Å². The molecule has 0 saturated carbocycles. The van der Waals surface area contributed by atoms with Crippen molar-refractivity contribution < 1.29 is 14.3 Å². The lowest BCUT2D eigenvalue weighted by atomic mass is 10.2. The summed E-state index contributed by atoms with van der Waals surface area (Å²) in [6, 6.07) is 0. The van der Waals surface area contributed by atoms with Crippen molar-refractivity contribution in [1.29, 1.82) is 0 Å². The quantitative estimate of drug-likeness (QED) is 0.736. The van der Waals surface area contributed by atoms with Crippen LogP contribution in [0.1, 0.15) is 40.5 Å². The van der Waals surface area contributed by atoms with Crippen LogP contribution < -0.4 is 10.6 Å². The number of ether oxygens (including phenoxy) is 2. The number of rotatable bonds is 5. The number of nitrogens with one attached hydrogen (secondary N) is 2. The Morgan fingerprint density at radius 1 is 1.33 bits per heavy atom. The fraction of sp³-hybridized carbons (Fsp3) is 0.923. The summed E-state index contributed by atoms with van der Waals surface area (Å²) in [5.74, 6) is 0.